The van der Waals surface area contributed by atoms with E-state index in [1.54, 1.807) is 25.1 Å². The minimum atomic E-state index is -1.05. The van der Waals surface area contributed by atoms with Crippen LogP contribution in [0.25, 0.3) is 0 Å². The van der Waals surface area contributed by atoms with Gasteiger partial charge in [0.25, 0.3) is 0 Å². The van der Waals surface area contributed by atoms with Gasteiger partial charge in [-0.15, -0.1) is 0 Å². The van der Waals surface area contributed by atoms with E-state index in [0.717, 1.165) is 4.47 Å². The van der Waals surface area contributed by atoms with Crippen LogP contribution in [-0.2, 0) is 4.79 Å². The fourth-order valence-corrected chi connectivity index (χ4v) is 2.39. The van der Waals surface area contributed by atoms with E-state index >= 15 is 0 Å². The molecule has 5 nitrogen and oxygen atoms in total. The largest absolute Gasteiger partial charge is 0.480 e. The van der Waals surface area contributed by atoms with Gasteiger partial charge >= 0.3 is 12.0 Å². The van der Waals surface area contributed by atoms with Gasteiger partial charge in [0.15, 0.2) is 0 Å². The zero-order chi connectivity index (χ0) is 13.7. The number of anilines is 1. The van der Waals surface area contributed by atoms with Gasteiger partial charge in [-0.1, -0.05) is 22.9 Å². The second-order valence-corrected chi connectivity index (χ2v) is 5.29. The SMILES string of the molecule is CCC(NC(=O)Nc1ccc(Br)cc1Br)C(=O)O. The Kier molecular flexibility index (Phi) is 5.61. The smallest absolute Gasteiger partial charge is 0.326 e. The number of carboxylic acid groups (broad SMARTS) is 1. The number of carboxylic acids is 1. The van der Waals surface area contributed by atoms with Crippen molar-refractivity contribution in [2.45, 2.75) is 19.4 Å². The first-order chi connectivity index (χ1) is 8.43. The summed E-state index contributed by atoms with van der Waals surface area (Å²) in [6, 6.07) is 3.82. The van der Waals surface area contributed by atoms with Crippen LogP contribution in [0.15, 0.2) is 27.1 Å². The summed E-state index contributed by atoms with van der Waals surface area (Å²) in [7, 11) is 0. The molecule has 2 amide bonds. The number of hydrogen-bond donors (Lipinski definition) is 3. The van der Waals surface area contributed by atoms with Crippen LogP contribution in [0.5, 0.6) is 0 Å². The van der Waals surface area contributed by atoms with Gasteiger partial charge in [0.05, 0.1) is 5.69 Å². The van der Waals surface area contributed by atoms with E-state index < -0.39 is 18.0 Å². The lowest BCUT2D eigenvalue weighted by molar-refractivity contribution is -0.139. The number of hydrogen-bond acceptors (Lipinski definition) is 2. The van der Waals surface area contributed by atoms with Crippen LogP contribution < -0.4 is 10.6 Å². The standard InChI is InChI=1S/C11H12Br2N2O3/c1-2-8(10(16)17)14-11(18)15-9-4-3-6(12)5-7(9)13/h3-5,8H,2H2,1H3,(H,16,17)(H2,14,15,18). The molecule has 0 aliphatic carbocycles. The maximum Gasteiger partial charge on any atom is 0.326 e. The molecule has 0 saturated heterocycles. The molecule has 0 radical (unpaired) electrons. The summed E-state index contributed by atoms with van der Waals surface area (Å²) >= 11 is 6.60. The van der Waals surface area contributed by atoms with E-state index in [0.29, 0.717) is 16.6 Å². The Labute approximate surface area is 121 Å². The molecule has 98 valence electrons. The second-order valence-electron chi connectivity index (χ2n) is 3.52. The molecule has 0 aliphatic heterocycles. The van der Waals surface area contributed by atoms with E-state index in [9.17, 15) is 9.59 Å². The highest BCUT2D eigenvalue weighted by atomic mass is 79.9. The van der Waals surface area contributed by atoms with Gasteiger partial charge < -0.3 is 15.7 Å². The lowest BCUT2D eigenvalue weighted by Gasteiger charge is -2.14. The summed E-state index contributed by atoms with van der Waals surface area (Å²) in [6.45, 7) is 1.69. The Morgan fingerprint density at radius 2 is 2.06 bits per heavy atom. The molecule has 0 bridgehead atoms. The van der Waals surface area contributed by atoms with Crippen molar-refractivity contribution in [1.82, 2.24) is 5.32 Å². The highest BCUT2D eigenvalue weighted by Gasteiger charge is 2.17. The van der Waals surface area contributed by atoms with Gasteiger partial charge in [0.1, 0.15) is 6.04 Å². The lowest BCUT2D eigenvalue weighted by Crippen LogP contribution is -2.42. The summed E-state index contributed by atoms with van der Waals surface area (Å²) in [6.07, 6.45) is 0.324. The van der Waals surface area contributed by atoms with E-state index in [2.05, 4.69) is 42.5 Å². The first-order valence-corrected chi connectivity index (χ1v) is 6.78. The van der Waals surface area contributed by atoms with Crippen molar-refractivity contribution < 1.29 is 14.7 Å². The third-order valence-corrected chi connectivity index (χ3v) is 3.34. The van der Waals surface area contributed by atoms with Crippen LogP contribution >= 0.6 is 31.9 Å². The number of carbonyl (C=O) groups excluding carboxylic acids is 1. The van der Waals surface area contributed by atoms with Crippen molar-refractivity contribution in [3.63, 3.8) is 0 Å². The molecule has 1 rings (SSSR count). The van der Waals surface area contributed by atoms with E-state index in [-0.39, 0.29) is 0 Å². The van der Waals surface area contributed by atoms with Gasteiger partial charge in [-0.2, -0.15) is 0 Å². The fraction of sp³-hybridized carbons (Fsp3) is 0.273. The van der Waals surface area contributed by atoms with Gasteiger partial charge in [-0.3, -0.25) is 0 Å². The third kappa shape index (κ3) is 4.30. The number of urea groups is 1. The number of nitrogens with one attached hydrogen (secondary N) is 2. The normalized spacial score (nSPS) is 11.7. The van der Waals surface area contributed by atoms with Gasteiger partial charge in [-0.05, 0) is 40.5 Å². The molecular weight excluding hydrogens is 368 g/mol. The molecule has 0 saturated carbocycles. The molecule has 3 N–H and O–H groups in total. The van der Waals surface area contributed by atoms with E-state index in [1.807, 2.05) is 0 Å². The molecule has 1 aromatic rings. The van der Waals surface area contributed by atoms with Crippen LogP contribution in [0.1, 0.15) is 13.3 Å². The minimum absolute atomic E-state index is 0.324. The molecule has 18 heavy (non-hydrogen) atoms. The van der Waals surface area contributed by atoms with Crippen molar-refractivity contribution in [2.75, 3.05) is 5.32 Å². The summed E-state index contributed by atoms with van der Waals surface area (Å²) in [5.41, 5.74) is 0.566. The Hall–Kier alpha value is -1.08. The third-order valence-electron chi connectivity index (χ3n) is 2.19. The monoisotopic (exact) mass is 378 g/mol. The Bertz CT molecular complexity index is 466. The number of carbonyl (C=O) groups is 2. The highest BCUT2D eigenvalue weighted by molar-refractivity contribution is 9.11. The molecule has 0 fully saturated rings. The number of amides is 2. The quantitative estimate of drug-likeness (QED) is 0.751. The zero-order valence-electron chi connectivity index (χ0n) is 9.54. The lowest BCUT2D eigenvalue weighted by atomic mass is 10.2. The van der Waals surface area contributed by atoms with E-state index in [1.165, 1.54) is 0 Å². The van der Waals surface area contributed by atoms with Crippen LogP contribution in [0.4, 0.5) is 10.5 Å². The number of aliphatic carboxylic acids is 1. The van der Waals surface area contributed by atoms with Crippen molar-refractivity contribution in [2.24, 2.45) is 0 Å². The van der Waals surface area contributed by atoms with Crippen LogP contribution in [0.3, 0.4) is 0 Å². The molecule has 1 aromatic carbocycles. The molecule has 1 unspecified atom stereocenters. The minimum Gasteiger partial charge on any atom is -0.480 e. The average Bonchev–Trinajstić information content (AvgIpc) is 2.29. The molecule has 0 heterocycles. The summed E-state index contributed by atoms with van der Waals surface area (Å²) in [5.74, 6) is -1.05. The predicted molar refractivity (Wildman–Crippen MR) is 75.7 cm³/mol. The fourth-order valence-electron chi connectivity index (χ4n) is 1.25. The Morgan fingerprint density at radius 1 is 1.39 bits per heavy atom. The second kappa shape index (κ2) is 6.75. The van der Waals surface area contributed by atoms with E-state index in [4.69, 9.17) is 5.11 Å². The molecular formula is C11H12Br2N2O3. The molecule has 1 atom stereocenters. The molecule has 0 spiro atoms. The molecule has 7 heteroatoms. The van der Waals surface area contributed by atoms with Gasteiger partial charge in [0.2, 0.25) is 0 Å². The predicted octanol–water partition coefficient (Wildman–Crippen LogP) is 3.20. The van der Waals surface area contributed by atoms with Crippen molar-refractivity contribution in [3.8, 4) is 0 Å². The number of rotatable bonds is 4. The van der Waals surface area contributed by atoms with Gasteiger partial charge in [0, 0.05) is 8.95 Å². The Balaban J connectivity index is 2.67. The van der Waals surface area contributed by atoms with Crippen LogP contribution in [0.2, 0.25) is 0 Å². The van der Waals surface area contributed by atoms with Crippen LogP contribution in [0, 0.1) is 0 Å². The molecule has 0 aromatic heterocycles. The summed E-state index contributed by atoms with van der Waals surface area (Å²) in [4.78, 5) is 22.4. The van der Waals surface area contributed by atoms with Crippen molar-refractivity contribution >= 4 is 49.5 Å². The van der Waals surface area contributed by atoms with Gasteiger partial charge in [-0.25, -0.2) is 9.59 Å². The van der Waals surface area contributed by atoms with Crippen LogP contribution in [-0.4, -0.2) is 23.1 Å². The number of benzene rings is 1. The maximum absolute atomic E-state index is 11.6. The first-order valence-electron chi connectivity index (χ1n) is 5.19. The maximum atomic E-state index is 11.6. The first kappa shape index (κ1) is 15.0. The summed E-state index contributed by atoms with van der Waals surface area (Å²) < 4.78 is 1.58. The average molecular weight is 380 g/mol. The highest BCUT2D eigenvalue weighted by Crippen LogP contribution is 2.25. The Morgan fingerprint density at radius 3 is 2.56 bits per heavy atom. The van der Waals surface area contributed by atoms with Crippen molar-refractivity contribution in [3.05, 3.63) is 27.1 Å². The topological polar surface area (TPSA) is 78.4 Å². The van der Waals surface area contributed by atoms with Crippen molar-refractivity contribution in [1.29, 1.82) is 0 Å². The summed E-state index contributed by atoms with van der Waals surface area (Å²) in [5, 5.41) is 13.8. The zero-order valence-corrected chi connectivity index (χ0v) is 12.7. The number of halogens is 2. The molecule has 0 aliphatic rings.